The average molecular weight is 369 g/mol. The lowest BCUT2D eigenvalue weighted by molar-refractivity contribution is -0.121. The van der Waals surface area contributed by atoms with Crippen molar-refractivity contribution in [1.29, 1.82) is 0 Å². The zero-order chi connectivity index (χ0) is 18.0. The van der Waals surface area contributed by atoms with Crippen LogP contribution in [0.3, 0.4) is 0 Å². The van der Waals surface area contributed by atoms with Gasteiger partial charge in [0.1, 0.15) is 13.2 Å². The molecule has 7 heteroatoms. The maximum Gasteiger partial charge on any atom is 0.224 e. The van der Waals surface area contributed by atoms with Gasteiger partial charge in [-0.15, -0.1) is 0 Å². The maximum atomic E-state index is 12.5. The van der Waals surface area contributed by atoms with Gasteiger partial charge in [-0.05, 0) is 25.5 Å². The van der Waals surface area contributed by atoms with Gasteiger partial charge >= 0.3 is 0 Å². The lowest BCUT2D eigenvalue weighted by Gasteiger charge is -2.21. The van der Waals surface area contributed by atoms with Crippen molar-refractivity contribution in [3.63, 3.8) is 0 Å². The molecule has 0 aliphatic carbocycles. The topological polar surface area (TPSA) is 60.0 Å². The number of fused-ring (bicyclic) bond motifs is 1. The van der Waals surface area contributed by atoms with Crippen molar-refractivity contribution in [3.8, 4) is 11.5 Å². The highest BCUT2D eigenvalue weighted by atomic mass is 35.5. The summed E-state index contributed by atoms with van der Waals surface area (Å²) in [7, 11) is 1.69. The van der Waals surface area contributed by atoms with Gasteiger partial charge in [0.25, 0.3) is 0 Å². The van der Waals surface area contributed by atoms with Crippen LogP contribution in [0.4, 0.5) is 0 Å². The Morgan fingerprint density at radius 1 is 1.32 bits per heavy atom. The SMILES string of the molecule is CO[C@@H]1CN(C(C)C)C[C@H]1NC(=O)Cc1cc2c(cc1Cl)OCCO2. The Hall–Kier alpha value is -1.50. The van der Waals surface area contributed by atoms with E-state index in [0.717, 1.165) is 18.7 Å². The molecule has 2 aliphatic rings. The molecule has 0 radical (unpaired) electrons. The van der Waals surface area contributed by atoms with E-state index in [9.17, 15) is 4.79 Å². The third kappa shape index (κ3) is 4.19. The molecule has 1 saturated heterocycles. The van der Waals surface area contributed by atoms with Gasteiger partial charge in [0.2, 0.25) is 5.91 Å². The van der Waals surface area contributed by atoms with Crippen LogP contribution in [0.25, 0.3) is 0 Å². The van der Waals surface area contributed by atoms with E-state index in [-0.39, 0.29) is 24.5 Å². The summed E-state index contributed by atoms with van der Waals surface area (Å²) in [4.78, 5) is 14.8. The minimum absolute atomic E-state index is 0.00193. The first-order chi connectivity index (χ1) is 12.0. The molecular formula is C18H25ClN2O4. The Kier molecular flexibility index (Phi) is 5.71. The van der Waals surface area contributed by atoms with Crippen molar-refractivity contribution in [1.82, 2.24) is 10.2 Å². The molecule has 2 atom stereocenters. The largest absolute Gasteiger partial charge is 0.486 e. The van der Waals surface area contributed by atoms with Gasteiger partial charge in [0, 0.05) is 37.3 Å². The third-order valence-electron chi connectivity index (χ3n) is 4.74. The first kappa shape index (κ1) is 18.3. The van der Waals surface area contributed by atoms with Gasteiger partial charge in [0.15, 0.2) is 11.5 Å². The third-order valence-corrected chi connectivity index (χ3v) is 5.09. The van der Waals surface area contributed by atoms with Crippen LogP contribution >= 0.6 is 11.6 Å². The molecule has 1 amide bonds. The van der Waals surface area contributed by atoms with Crippen molar-refractivity contribution < 1.29 is 19.0 Å². The van der Waals surface area contributed by atoms with E-state index in [2.05, 4.69) is 24.1 Å². The van der Waals surface area contributed by atoms with Crippen molar-refractivity contribution in [2.24, 2.45) is 0 Å². The number of nitrogens with one attached hydrogen (secondary N) is 1. The highest BCUT2D eigenvalue weighted by Gasteiger charge is 2.35. The smallest absolute Gasteiger partial charge is 0.224 e. The fraction of sp³-hybridized carbons (Fsp3) is 0.611. The summed E-state index contributed by atoms with van der Waals surface area (Å²) in [5, 5.41) is 3.60. The summed E-state index contributed by atoms with van der Waals surface area (Å²) >= 11 is 6.29. The molecule has 25 heavy (non-hydrogen) atoms. The number of likely N-dealkylation sites (tertiary alicyclic amines) is 1. The Morgan fingerprint density at radius 2 is 2.00 bits per heavy atom. The number of methoxy groups -OCH3 is 1. The molecule has 6 nitrogen and oxygen atoms in total. The predicted molar refractivity (Wildman–Crippen MR) is 95.6 cm³/mol. The normalized spacial score (nSPS) is 23.1. The standard InChI is InChI=1S/C18H25ClN2O4/c1-11(2)21-9-14(17(10-21)23-3)20-18(22)7-12-6-15-16(8-13(12)19)25-5-4-24-15/h6,8,11,14,17H,4-5,7,9-10H2,1-3H3,(H,20,22)/t14-,17-/m1/s1. The minimum atomic E-state index is -0.0729. The molecule has 0 saturated carbocycles. The summed E-state index contributed by atoms with van der Waals surface area (Å²) in [6.07, 6.45) is 0.200. The second-order valence-corrected chi connectivity index (χ2v) is 7.17. The summed E-state index contributed by atoms with van der Waals surface area (Å²) in [5.41, 5.74) is 0.732. The fourth-order valence-electron chi connectivity index (χ4n) is 3.27. The van der Waals surface area contributed by atoms with E-state index in [1.165, 1.54) is 0 Å². The molecule has 1 aromatic rings. The van der Waals surface area contributed by atoms with Crippen LogP contribution in [0.15, 0.2) is 12.1 Å². The second-order valence-electron chi connectivity index (χ2n) is 6.76. The van der Waals surface area contributed by atoms with Crippen LogP contribution in [0.2, 0.25) is 5.02 Å². The van der Waals surface area contributed by atoms with Gasteiger partial charge in [-0.3, -0.25) is 9.69 Å². The number of halogens is 1. The van der Waals surface area contributed by atoms with Gasteiger partial charge in [-0.2, -0.15) is 0 Å². The van der Waals surface area contributed by atoms with E-state index in [1.807, 2.05) is 0 Å². The molecule has 1 fully saturated rings. The molecule has 2 heterocycles. The Bertz CT molecular complexity index is 638. The minimum Gasteiger partial charge on any atom is -0.486 e. The lowest BCUT2D eigenvalue weighted by atomic mass is 10.1. The molecule has 0 aromatic heterocycles. The van der Waals surface area contributed by atoms with Crippen molar-refractivity contribution in [3.05, 3.63) is 22.7 Å². The van der Waals surface area contributed by atoms with Crippen LogP contribution in [-0.2, 0) is 16.0 Å². The van der Waals surface area contributed by atoms with E-state index in [0.29, 0.717) is 35.8 Å². The first-order valence-corrected chi connectivity index (χ1v) is 9.00. The number of rotatable bonds is 5. The molecule has 0 spiro atoms. The van der Waals surface area contributed by atoms with Gasteiger partial charge in [-0.25, -0.2) is 0 Å². The van der Waals surface area contributed by atoms with Crippen LogP contribution < -0.4 is 14.8 Å². The van der Waals surface area contributed by atoms with Gasteiger partial charge in [-0.1, -0.05) is 11.6 Å². The van der Waals surface area contributed by atoms with E-state index in [4.69, 9.17) is 25.8 Å². The average Bonchev–Trinajstić information content (AvgIpc) is 2.98. The fourth-order valence-corrected chi connectivity index (χ4v) is 3.49. The molecule has 138 valence electrons. The summed E-state index contributed by atoms with van der Waals surface area (Å²) in [6, 6.07) is 3.91. The van der Waals surface area contributed by atoms with Crippen LogP contribution in [0.1, 0.15) is 19.4 Å². The van der Waals surface area contributed by atoms with Crippen molar-refractivity contribution in [2.45, 2.75) is 38.5 Å². The molecule has 1 N–H and O–H groups in total. The molecular weight excluding hydrogens is 344 g/mol. The van der Waals surface area contributed by atoms with E-state index >= 15 is 0 Å². The summed E-state index contributed by atoms with van der Waals surface area (Å²) in [5.74, 6) is 1.19. The monoisotopic (exact) mass is 368 g/mol. The number of hydrogen-bond acceptors (Lipinski definition) is 5. The number of ether oxygens (including phenoxy) is 3. The first-order valence-electron chi connectivity index (χ1n) is 8.62. The zero-order valence-electron chi connectivity index (χ0n) is 14.9. The summed E-state index contributed by atoms with van der Waals surface area (Å²) < 4.78 is 16.6. The number of nitrogens with zero attached hydrogens (tertiary/aromatic N) is 1. The Balaban J connectivity index is 1.64. The zero-order valence-corrected chi connectivity index (χ0v) is 15.6. The Morgan fingerprint density at radius 3 is 2.64 bits per heavy atom. The number of benzene rings is 1. The lowest BCUT2D eigenvalue weighted by Crippen LogP contribution is -2.44. The molecule has 1 aromatic carbocycles. The molecule has 2 aliphatic heterocycles. The number of carbonyl (C=O) groups is 1. The van der Waals surface area contributed by atoms with Crippen LogP contribution in [0, 0.1) is 0 Å². The van der Waals surface area contributed by atoms with E-state index in [1.54, 1.807) is 19.2 Å². The van der Waals surface area contributed by atoms with E-state index < -0.39 is 0 Å². The van der Waals surface area contributed by atoms with Gasteiger partial charge in [0.05, 0.1) is 18.6 Å². The van der Waals surface area contributed by atoms with Crippen LogP contribution in [-0.4, -0.2) is 62.4 Å². The molecule has 3 rings (SSSR count). The highest BCUT2D eigenvalue weighted by molar-refractivity contribution is 6.31. The predicted octanol–water partition coefficient (Wildman–Crippen LogP) is 1.88. The molecule has 0 bridgehead atoms. The van der Waals surface area contributed by atoms with Crippen LogP contribution in [0.5, 0.6) is 11.5 Å². The summed E-state index contributed by atoms with van der Waals surface area (Å²) in [6.45, 7) is 6.91. The Labute approximate surface area is 153 Å². The van der Waals surface area contributed by atoms with Crippen molar-refractivity contribution in [2.75, 3.05) is 33.4 Å². The maximum absolute atomic E-state index is 12.5. The van der Waals surface area contributed by atoms with Gasteiger partial charge < -0.3 is 19.5 Å². The molecule has 0 unspecified atom stereocenters. The number of amides is 1. The second kappa shape index (κ2) is 7.81. The highest BCUT2D eigenvalue weighted by Crippen LogP contribution is 2.35. The number of hydrogen-bond donors (Lipinski definition) is 1. The number of carbonyl (C=O) groups excluding carboxylic acids is 1. The quantitative estimate of drug-likeness (QED) is 0.859. The van der Waals surface area contributed by atoms with Crippen molar-refractivity contribution >= 4 is 17.5 Å².